The summed E-state index contributed by atoms with van der Waals surface area (Å²) in [4.78, 5) is 4.49. The van der Waals surface area contributed by atoms with E-state index in [4.69, 9.17) is 5.73 Å². The molecule has 3 heteroatoms. The Labute approximate surface area is 83.2 Å². The molecule has 3 nitrogen and oxygen atoms in total. The van der Waals surface area contributed by atoms with Crippen molar-refractivity contribution in [3.63, 3.8) is 0 Å². The third kappa shape index (κ3) is 1.13. The largest absolute Gasteiger partial charge is 0.397 e. The minimum Gasteiger partial charge on any atom is -0.397 e. The van der Waals surface area contributed by atoms with E-state index in [2.05, 4.69) is 16.5 Å². The number of fused-ring (bicyclic) bond motifs is 1. The fourth-order valence-electron chi connectivity index (χ4n) is 1.61. The average molecular weight is 188 g/mol. The van der Waals surface area contributed by atoms with Crippen LogP contribution in [-0.2, 0) is 7.05 Å². The van der Waals surface area contributed by atoms with Gasteiger partial charge in [-0.25, -0.2) is 4.98 Å². The quantitative estimate of drug-likeness (QED) is 0.499. The summed E-state index contributed by atoms with van der Waals surface area (Å²) in [5, 5.41) is 0. The van der Waals surface area contributed by atoms with Gasteiger partial charge in [0, 0.05) is 13.0 Å². The number of nitrogens with zero attached hydrogens (tertiary/aromatic N) is 2. The van der Waals surface area contributed by atoms with Crippen LogP contribution in [0.4, 0.5) is 5.69 Å². The number of hydrogen-bond donors (Lipinski definition) is 1. The summed E-state index contributed by atoms with van der Waals surface area (Å²) in [6.45, 7) is 4.06. The molecule has 0 saturated heterocycles. The van der Waals surface area contributed by atoms with Crippen molar-refractivity contribution in [2.24, 2.45) is 7.05 Å². The molecule has 14 heavy (non-hydrogen) atoms. The van der Waals surface area contributed by atoms with Crippen LogP contribution in [0.3, 0.4) is 0 Å². The summed E-state index contributed by atoms with van der Waals surface area (Å²) in [7, 11) is 2.03. The highest BCUT2D eigenvalue weighted by Gasteiger charge is 2.13. The minimum atomic E-state index is 0.737. The zero-order chi connectivity index (χ0) is 10.3. The first-order valence-corrected chi connectivity index (χ1v) is 4.62. The van der Waals surface area contributed by atoms with E-state index in [0.717, 1.165) is 22.4 Å². The Bertz CT molecular complexity index is 503. The maximum atomic E-state index is 5.87. The molecule has 0 saturated carbocycles. The summed E-state index contributed by atoms with van der Waals surface area (Å²) in [5.41, 5.74) is 10.8. The molecule has 1 aromatic carbocycles. The van der Waals surface area contributed by atoms with Gasteiger partial charge in [-0.15, -0.1) is 0 Å². The molecule has 0 aliphatic rings. The molecule has 0 aliphatic carbocycles. The summed E-state index contributed by atoms with van der Waals surface area (Å²) >= 11 is 0. The zero-order valence-corrected chi connectivity index (χ0v) is 8.70. The van der Waals surface area contributed by atoms with Gasteiger partial charge in [-0.1, -0.05) is 6.07 Å². The normalized spacial score (nSPS) is 10.8. The molecule has 0 atom stereocenters. The molecular formula is C11H14N3+. The first-order valence-electron chi connectivity index (χ1n) is 4.62. The van der Waals surface area contributed by atoms with Gasteiger partial charge in [0.1, 0.15) is 12.7 Å². The fourth-order valence-corrected chi connectivity index (χ4v) is 1.61. The highest BCUT2D eigenvalue weighted by molar-refractivity contribution is 5.84. The van der Waals surface area contributed by atoms with Gasteiger partial charge in [0.15, 0.2) is 11.2 Å². The predicted molar refractivity (Wildman–Crippen MR) is 56.8 cm³/mol. The van der Waals surface area contributed by atoms with Crippen molar-refractivity contribution in [1.29, 1.82) is 0 Å². The molecule has 0 spiro atoms. The Morgan fingerprint density at radius 2 is 2.00 bits per heavy atom. The van der Waals surface area contributed by atoms with Crippen molar-refractivity contribution >= 4 is 16.7 Å². The van der Waals surface area contributed by atoms with Gasteiger partial charge in [-0.2, -0.15) is 4.57 Å². The second kappa shape index (κ2) is 2.94. The average Bonchev–Trinajstić information content (AvgIpc) is 2.17. The molecule has 2 aromatic rings. The third-order valence-electron chi connectivity index (χ3n) is 2.71. The van der Waals surface area contributed by atoms with Crippen LogP contribution < -0.4 is 10.3 Å². The van der Waals surface area contributed by atoms with E-state index in [0.29, 0.717) is 0 Å². The molecule has 0 bridgehead atoms. The molecule has 0 amide bonds. The summed E-state index contributed by atoms with van der Waals surface area (Å²) < 4.78 is 2.12. The Morgan fingerprint density at radius 3 is 2.71 bits per heavy atom. The Hall–Kier alpha value is -1.64. The van der Waals surface area contributed by atoms with E-state index in [-0.39, 0.29) is 0 Å². The second-order valence-corrected chi connectivity index (χ2v) is 3.56. The highest BCUT2D eigenvalue weighted by atomic mass is 15.0. The lowest BCUT2D eigenvalue weighted by Crippen LogP contribution is -2.34. The monoisotopic (exact) mass is 188 g/mol. The van der Waals surface area contributed by atoms with Crippen molar-refractivity contribution in [3.8, 4) is 0 Å². The maximum absolute atomic E-state index is 5.87. The zero-order valence-electron chi connectivity index (χ0n) is 8.70. The van der Waals surface area contributed by atoms with Crippen molar-refractivity contribution < 1.29 is 4.57 Å². The lowest BCUT2D eigenvalue weighted by Gasteiger charge is -2.03. The number of nitrogen functional groups attached to an aromatic ring is 1. The lowest BCUT2D eigenvalue weighted by atomic mass is 10.2. The van der Waals surface area contributed by atoms with E-state index in [1.54, 1.807) is 0 Å². The van der Waals surface area contributed by atoms with Gasteiger partial charge in [0.2, 0.25) is 5.52 Å². The highest BCUT2D eigenvalue weighted by Crippen LogP contribution is 2.16. The van der Waals surface area contributed by atoms with Gasteiger partial charge in [0.05, 0.1) is 5.69 Å². The van der Waals surface area contributed by atoms with Crippen LogP contribution in [0, 0.1) is 13.8 Å². The number of benzene rings is 1. The predicted octanol–water partition coefficient (Wildman–Crippen LogP) is 1.26. The molecule has 2 rings (SSSR count). The van der Waals surface area contributed by atoms with E-state index in [1.807, 2.05) is 32.2 Å². The molecule has 0 fully saturated rings. The topological polar surface area (TPSA) is 42.8 Å². The van der Waals surface area contributed by atoms with Crippen LogP contribution in [-0.4, -0.2) is 4.98 Å². The summed E-state index contributed by atoms with van der Waals surface area (Å²) in [6.07, 6.45) is 0. The van der Waals surface area contributed by atoms with E-state index < -0.39 is 0 Å². The Morgan fingerprint density at radius 1 is 1.29 bits per heavy atom. The van der Waals surface area contributed by atoms with E-state index in [9.17, 15) is 0 Å². The lowest BCUT2D eigenvalue weighted by molar-refractivity contribution is -0.652. The molecule has 0 radical (unpaired) electrons. The molecular weight excluding hydrogens is 174 g/mol. The number of hydrogen-bond acceptors (Lipinski definition) is 2. The number of aromatic nitrogens is 2. The fraction of sp³-hybridized carbons (Fsp3) is 0.273. The van der Waals surface area contributed by atoms with Crippen molar-refractivity contribution in [1.82, 2.24) is 4.98 Å². The van der Waals surface area contributed by atoms with Gasteiger partial charge in [-0.3, -0.25) is 0 Å². The van der Waals surface area contributed by atoms with Crippen LogP contribution in [0.15, 0.2) is 18.2 Å². The van der Waals surface area contributed by atoms with Crippen LogP contribution in [0.25, 0.3) is 11.0 Å². The van der Waals surface area contributed by atoms with Crippen LogP contribution in [0.5, 0.6) is 0 Å². The molecule has 0 unspecified atom stereocenters. The molecule has 0 aliphatic heterocycles. The van der Waals surface area contributed by atoms with Crippen molar-refractivity contribution in [2.45, 2.75) is 13.8 Å². The number of anilines is 1. The number of nitrogens with two attached hydrogens (primary N) is 1. The van der Waals surface area contributed by atoms with Gasteiger partial charge >= 0.3 is 0 Å². The van der Waals surface area contributed by atoms with E-state index >= 15 is 0 Å². The number of para-hydroxylation sites is 1. The van der Waals surface area contributed by atoms with Gasteiger partial charge < -0.3 is 5.73 Å². The number of rotatable bonds is 0. The van der Waals surface area contributed by atoms with Crippen molar-refractivity contribution in [3.05, 3.63) is 29.6 Å². The second-order valence-electron chi connectivity index (χ2n) is 3.56. The van der Waals surface area contributed by atoms with Crippen LogP contribution >= 0.6 is 0 Å². The van der Waals surface area contributed by atoms with E-state index in [1.165, 1.54) is 5.69 Å². The maximum Gasteiger partial charge on any atom is 0.233 e. The van der Waals surface area contributed by atoms with Gasteiger partial charge in [0.25, 0.3) is 0 Å². The number of aryl methyl sites for hydroxylation is 2. The van der Waals surface area contributed by atoms with Crippen LogP contribution in [0.1, 0.15) is 11.4 Å². The van der Waals surface area contributed by atoms with Gasteiger partial charge in [-0.05, 0) is 13.0 Å². The first kappa shape index (κ1) is 8.94. The van der Waals surface area contributed by atoms with Crippen LogP contribution in [0.2, 0.25) is 0 Å². The first-order chi connectivity index (χ1) is 6.61. The summed E-state index contributed by atoms with van der Waals surface area (Å²) in [6, 6.07) is 5.86. The third-order valence-corrected chi connectivity index (χ3v) is 2.71. The molecule has 72 valence electrons. The van der Waals surface area contributed by atoms with Crippen molar-refractivity contribution in [2.75, 3.05) is 5.73 Å². The molecule has 2 N–H and O–H groups in total. The standard InChI is InChI=1S/C11H13N3/c1-7-8(2)14(3)10-6-4-5-9(12)11(10)13-7/h4-6,12H,1-3H3/p+1. The Kier molecular flexibility index (Phi) is 1.88. The SMILES string of the molecule is Cc1nc2c(N)cccc2[n+](C)c1C. The minimum absolute atomic E-state index is 0.737. The smallest absolute Gasteiger partial charge is 0.233 e. The molecule has 1 aromatic heterocycles. The Balaban J connectivity index is 2.98. The summed E-state index contributed by atoms with van der Waals surface area (Å²) in [5.74, 6) is 0. The molecule has 1 heterocycles.